The smallest absolute Gasteiger partial charge is 0.240 e. The highest BCUT2D eigenvalue weighted by Gasteiger charge is 2.31. The third kappa shape index (κ3) is 2.96. The van der Waals surface area contributed by atoms with Gasteiger partial charge < -0.3 is 10.0 Å². The van der Waals surface area contributed by atoms with Gasteiger partial charge in [0.15, 0.2) is 0 Å². The van der Waals surface area contributed by atoms with Crippen molar-refractivity contribution < 1.29 is 9.90 Å². The Morgan fingerprint density at radius 1 is 1.62 bits per heavy atom. The van der Waals surface area contributed by atoms with E-state index >= 15 is 0 Å². The molecule has 1 unspecified atom stereocenters. The van der Waals surface area contributed by atoms with Crippen LogP contribution in [0, 0.1) is 17.2 Å². The van der Waals surface area contributed by atoms with Gasteiger partial charge in [0.25, 0.3) is 0 Å². The number of aliphatic hydroxyl groups is 1. The highest BCUT2D eigenvalue weighted by molar-refractivity contribution is 5.81. The Morgan fingerprint density at radius 2 is 2.31 bits per heavy atom. The summed E-state index contributed by atoms with van der Waals surface area (Å²) in [7, 11) is 0. The molecule has 0 heterocycles. The van der Waals surface area contributed by atoms with E-state index in [0.29, 0.717) is 25.4 Å². The molecule has 0 bridgehead atoms. The third-order valence-corrected chi connectivity index (χ3v) is 3.22. The van der Waals surface area contributed by atoms with Crippen LogP contribution in [0.15, 0.2) is 0 Å². The van der Waals surface area contributed by atoms with Crippen LogP contribution in [-0.2, 0) is 4.79 Å². The SMILES string of the molecule is CCC(C#N)C(=O)N(CCCO)C1CCC1. The van der Waals surface area contributed by atoms with E-state index in [9.17, 15) is 4.79 Å². The molecule has 0 saturated heterocycles. The Bertz CT molecular complexity index is 269. The minimum atomic E-state index is -0.515. The van der Waals surface area contributed by atoms with Crippen LogP contribution in [-0.4, -0.2) is 35.1 Å². The lowest BCUT2D eigenvalue weighted by Crippen LogP contribution is -2.47. The summed E-state index contributed by atoms with van der Waals surface area (Å²) >= 11 is 0. The second-order valence-electron chi connectivity index (χ2n) is 4.28. The maximum Gasteiger partial charge on any atom is 0.240 e. The number of hydrogen-bond donors (Lipinski definition) is 1. The first-order valence-corrected chi connectivity index (χ1v) is 6.05. The zero-order valence-corrected chi connectivity index (χ0v) is 9.85. The minimum absolute atomic E-state index is 0.0526. The summed E-state index contributed by atoms with van der Waals surface area (Å²) < 4.78 is 0. The van der Waals surface area contributed by atoms with Gasteiger partial charge in [-0.25, -0.2) is 0 Å². The first kappa shape index (κ1) is 13.0. The van der Waals surface area contributed by atoms with Crippen molar-refractivity contribution in [3.63, 3.8) is 0 Å². The molecule has 1 rings (SSSR count). The number of hydrogen-bond acceptors (Lipinski definition) is 3. The van der Waals surface area contributed by atoms with E-state index in [2.05, 4.69) is 6.07 Å². The van der Waals surface area contributed by atoms with Gasteiger partial charge in [-0.2, -0.15) is 5.26 Å². The molecule has 16 heavy (non-hydrogen) atoms. The van der Waals surface area contributed by atoms with Gasteiger partial charge in [0, 0.05) is 19.2 Å². The first-order valence-electron chi connectivity index (χ1n) is 6.05. The predicted molar refractivity (Wildman–Crippen MR) is 60.4 cm³/mol. The minimum Gasteiger partial charge on any atom is -0.396 e. The molecule has 0 aromatic heterocycles. The van der Waals surface area contributed by atoms with Crippen LogP contribution in [0.1, 0.15) is 39.0 Å². The maximum absolute atomic E-state index is 12.1. The number of carbonyl (C=O) groups excluding carboxylic acids is 1. The average Bonchev–Trinajstić information content (AvgIpc) is 2.22. The monoisotopic (exact) mass is 224 g/mol. The number of rotatable bonds is 6. The zero-order valence-electron chi connectivity index (χ0n) is 9.85. The van der Waals surface area contributed by atoms with Gasteiger partial charge in [-0.05, 0) is 32.1 Å². The summed E-state index contributed by atoms with van der Waals surface area (Å²) in [6.45, 7) is 2.54. The second kappa shape index (κ2) is 6.49. The number of amides is 1. The molecule has 1 aliphatic carbocycles. The van der Waals surface area contributed by atoms with E-state index in [4.69, 9.17) is 10.4 Å². The van der Waals surface area contributed by atoms with Crippen LogP contribution in [0.5, 0.6) is 0 Å². The molecule has 0 spiro atoms. The molecule has 4 nitrogen and oxygen atoms in total. The van der Waals surface area contributed by atoms with Crippen molar-refractivity contribution in [3.05, 3.63) is 0 Å². The molecule has 0 radical (unpaired) electrons. The van der Waals surface area contributed by atoms with Gasteiger partial charge in [0.2, 0.25) is 5.91 Å². The lowest BCUT2D eigenvalue weighted by Gasteiger charge is -2.38. The van der Waals surface area contributed by atoms with E-state index in [0.717, 1.165) is 19.3 Å². The summed E-state index contributed by atoms with van der Waals surface area (Å²) in [5.41, 5.74) is 0. The Morgan fingerprint density at radius 3 is 2.69 bits per heavy atom. The Labute approximate surface area is 96.9 Å². The van der Waals surface area contributed by atoms with E-state index in [1.807, 2.05) is 6.92 Å². The topological polar surface area (TPSA) is 64.3 Å². The summed E-state index contributed by atoms with van der Waals surface area (Å²) in [5.74, 6) is -0.567. The van der Waals surface area contributed by atoms with Crippen molar-refractivity contribution in [1.82, 2.24) is 4.90 Å². The molecule has 1 saturated carbocycles. The van der Waals surface area contributed by atoms with E-state index in [1.54, 1.807) is 4.90 Å². The largest absolute Gasteiger partial charge is 0.396 e. The van der Waals surface area contributed by atoms with Crippen molar-refractivity contribution in [2.24, 2.45) is 5.92 Å². The fourth-order valence-corrected chi connectivity index (χ4v) is 1.93. The molecule has 1 amide bonds. The van der Waals surface area contributed by atoms with Crippen LogP contribution in [0.3, 0.4) is 0 Å². The van der Waals surface area contributed by atoms with Gasteiger partial charge in [-0.15, -0.1) is 0 Å². The van der Waals surface area contributed by atoms with Gasteiger partial charge in [0.05, 0.1) is 6.07 Å². The first-order chi connectivity index (χ1) is 7.74. The molecule has 0 aromatic carbocycles. The van der Waals surface area contributed by atoms with Crippen molar-refractivity contribution in [3.8, 4) is 6.07 Å². The number of nitrogens with zero attached hydrogens (tertiary/aromatic N) is 2. The predicted octanol–water partition coefficient (Wildman–Crippen LogP) is 1.30. The fourth-order valence-electron chi connectivity index (χ4n) is 1.93. The van der Waals surface area contributed by atoms with Gasteiger partial charge in [-0.3, -0.25) is 4.79 Å². The fraction of sp³-hybridized carbons (Fsp3) is 0.833. The van der Waals surface area contributed by atoms with Crippen molar-refractivity contribution in [2.45, 2.75) is 45.1 Å². The molecule has 1 fully saturated rings. The zero-order chi connectivity index (χ0) is 12.0. The lowest BCUT2D eigenvalue weighted by molar-refractivity contribution is -0.138. The molecule has 4 heteroatoms. The van der Waals surface area contributed by atoms with Crippen LogP contribution >= 0.6 is 0 Å². The number of aliphatic hydroxyl groups excluding tert-OH is 1. The Hall–Kier alpha value is -1.08. The van der Waals surface area contributed by atoms with Crippen molar-refractivity contribution in [1.29, 1.82) is 5.26 Å². The van der Waals surface area contributed by atoms with Crippen LogP contribution in [0.25, 0.3) is 0 Å². The molecule has 0 aromatic rings. The van der Waals surface area contributed by atoms with Gasteiger partial charge >= 0.3 is 0 Å². The summed E-state index contributed by atoms with van der Waals surface area (Å²) in [6.07, 6.45) is 4.41. The van der Waals surface area contributed by atoms with Gasteiger partial charge in [0.1, 0.15) is 5.92 Å². The average molecular weight is 224 g/mol. The molecule has 1 aliphatic rings. The van der Waals surface area contributed by atoms with Gasteiger partial charge in [-0.1, -0.05) is 6.92 Å². The molecular formula is C12H20N2O2. The molecule has 1 N–H and O–H groups in total. The van der Waals surface area contributed by atoms with E-state index in [-0.39, 0.29) is 12.5 Å². The summed E-state index contributed by atoms with van der Waals surface area (Å²) in [6, 6.07) is 2.36. The molecule has 1 atom stereocenters. The second-order valence-corrected chi connectivity index (χ2v) is 4.28. The molecule has 0 aliphatic heterocycles. The molecule has 90 valence electrons. The number of carbonyl (C=O) groups is 1. The third-order valence-electron chi connectivity index (χ3n) is 3.22. The summed E-state index contributed by atoms with van der Waals surface area (Å²) in [4.78, 5) is 13.9. The van der Waals surface area contributed by atoms with E-state index < -0.39 is 5.92 Å². The Balaban J connectivity index is 2.59. The number of nitriles is 1. The normalized spacial score (nSPS) is 17.3. The van der Waals surface area contributed by atoms with Crippen LogP contribution in [0.2, 0.25) is 0 Å². The van der Waals surface area contributed by atoms with Crippen LogP contribution in [0.4, 0.5) is 0 Å². The highest BCUT2D eigenvalue weighted by Crippen LogP contribution is 2.26. The van der Waals surface area contributed by atoms with Crippen molar-refractivity contribution >= 4 is 5.91 Å². The quantitative estimate of drug-likeness (QED) is 0.739. The summed E-state index contributed by atoms with van der Waals surface area (Å²) in [5, 5.41) is 17.7. The highest BCUT2D eigenvalue weighted by atomic mass is 16.3. The van der Waals surface area contributed by atoms with E-state index in [1.165, 1.54) is 0 Å². The Kier molecular flexibility index (Phi) is 5.27. The van der Waals surface area contributed by atoms with Crippen LogP contribution < -0.4 is 0 Å². The molecular weight excluding hydrogens is 204 g/mol. The maximum atomic E-state index is 12.1. The van der Waals surface area contributed by atoms with Crippen molar-refractivity contribution in [2.75, 3.05) is 13.2 Å². The lowest BCUT2D eigenvalue weighted by atomic mass is 9.90. The standard InChI is InChI=1S/C12H20N2O2/c1-2-10(9-13)12(16)14(7-4-8-15)11-5-3-6-11/h10-11,15H,2-8H2,1H3.